The van der Waals surface area contributed by atoms with Gasteiger partial charge in [0.15, 0.2) is 0 Å². The largest absolute Gasteiger partial charge is 0.497 e. The molecule has 24 heavy (non-hydrogen) atoms. The summed E-state index contributed by atoms with van der Waals surface area (Å²) in [6.45, 7) is 7.41. The SMILES string of the molecule is CCON1C(=O)[C@@H](NC(=O)OC(C)(C)C)Cc2ccc(OC)cc21. The fraction of sp³-hybridized carbons (Fsp3) is 0.529. The molecule has 1 N–H and O–H groups in total. The van der Waals surface area contributed by atoms with Crippen LogP contribution in [-0.4, -0.2) is 37.4 Å². The first-order valence-electron chi connectivity index (χ1n) is 7.88. The molecule has 0 spiro atoms. The molecule has 7 heteroatoms. The van der Waals surface area contributed by atoms with E-state index in [2.05, 4.69) is 5.32 Å². The van der Waals surface area contributed by atoms with E-state index < -0.39 is 17.7 Å². The van der Waals surface area contributed by atoms with E-state index in [4.69, 9.17) is 14.3 Å². The fourth-order valence-corrected chi connectivity index (χ4v) is 2.42. The van der Waals surface area contributed by atoms with Crippen molar-refractivity contribution in [1.82, 2.24) is 5.32 Å². The van der Waals surface area contributed by atoms with Gasteiger partial charge in [-0.2, -0.15) is 5.06 Å². The summed E-state index contributed by atoms with van der Waals surface area (Å²) in [5.41, 5.74) is 0.875. The molecule has 7 nitrogen and oxygen atoms in total. The molecule has 0 aliphatic carbocycles. The normalized spacial score (nSPS) is 17.3. The van der Waals surface area contributed by atoms with E-state index in [0.29, 0.717) is 24.5 Å². The predicted octanol–water partition coefficient (Wildman–Crippen LogP) is 2.43. The summed E-state index contributed by atoms with van der Waals surface area (Å²) in [7, 11) is 1.56. The average molecular weight is 336 g/mol. The van der Waals surface area contributed by atoms with Crippen molar-refractivity contribution >= 4 is 17.7 Å². The van der Waals surface area contributed by atoms with Crippen molar-refractivity contribution in [2.45, 2.75) is 45.8 Å². The van der Waals surface area contributed by atoms with Crippen molar-refractivity contribution in [3.63, 3.8) is 0 Å². The molecule has 0 fully saturated rings. The van der Waals surface area contributed by atoms with Crippen LogP contribution in [0.4, 0.5) is 10.5 Å². The summed E-state index contributed by atoms with van der Waals surface area (Å²) in [4.78, 5) is 30.1. The number of benzene rings is 1. The van der Waals surface area contributed by atoms with Crippen LogP contribution in [0.3, 0.4) is 0 Å². The fourth-order valence-electron chi connectivity index (χ4n) is 2.42. The Morgan fingerprint density at radius 2 is 2.08 bits per heavy atom. The van der Waals surface area contributed by atoms with Crippen molar-refractivity contribution < 1.29 is 23.9 Å². The first-order chi connectivity index (χ1) is 11.2. The zero-order valence-corrected chi connectivity index (χ0v) is 14.7. The summed E-state index contributed by atoms with van der Waals surface area (Å²) < 4.78 is 10.4. The van der Waals surface area contributed by atoms with Gasteiger partial charge < -0.3 is 14.8 Å². The molecule has 1 aromatic rings. The minimum absolute atomic E-state index is 0.321. The molecule has 1 aliphatic rings. The van der Waals surface area contributed by atoms with E-state index in [0.717, 1.165) is 5.56 Å². The monoisotopic (exact) mass is 336 g/mol. The lowest BCUT2D eigenvalue weighted by atomic mass is 9.98. The number of amides is 2. The van der Waals surface area contributed by atoms with Gasteiger partial charge in [-0.1, -0.05) is 6.07 Å². The molecule has 1 heterocycles. The quantitative estimate of drug-likeness (QED) is 0.914. The summed E-state index contributed by atoms with van der Waals surface area (Å²) in [5, 5.41) is 3.83. The zero-order valence-electron chi connectivity index (χ0n) is 14.7. The molecule has 0 aromatic heterocycles. The van der Waals surface area contributed by atoms with Crippen LogP contribution in [0.1, 0.15) is 33.3 Å². The van der Waals surface area contributed by atoms with Crippen LogP contribution < -0.4 is 15.1 Å². The number of fused-ring (bicyclic) bond motifs is 1. The van der Waals surface area contributed by atoms with Crippen molar-refractivity contribution in [2.75, 3.05) is 18.8 Å². The summed E-state index contributed by atoms with van der Waals surface area (Å²) >= 11 is 0. The molecule has 0 radical (unpaired) electrons. The van der Waals surface area contributed by atoms with Gasteiger partial charge in [-0.25, -0.2) is 4.79 Å². The Morgan fingerprint density at radius 3 is 2.67 bits per heavy atom. The molecule has 1 atom stereocenters. The van der Waals surface area contributed by atoms with Gasteiger partial charge in [0, 0.05) is 12.5 Å². The third-order valence-electron chi connectivity index (χ3n) is 3.38. The van der Waals surface area contributed by atoms with E-state index in [1.54, 1.807) is 40.9 Å². The van der Waals surface area contributed by atoms with Crippen LogP contribution in [0.15, 0.2) is 18.2 Å². The first-order valence-corrected chi connectivity index (χ1v) is 7.88. The Kier molecular flexibility index (Phi) is 5.33. The number of rotatable bonds is 4. The standard InChI is InChI=1S/C17H24N2O5/c1-6-23-19-14-10-12(22-5)8-7-11(14)9-13(15(19)20)18-16(21)24-17(2,3)4/h7-8,10,13H,6,9H2,1-5H3,(H,18,21)/t13-/m0/s1. The number of anilines is 1. The molecule has 2 rings (SSSR count). The lowest BCUT2D eigenvalue weighted by Crippen LogP contribution is -2.53. The van der Waals surface area contributed by atoms with Crippen molar-refractivity contribution in [2.24, 2.45) is 0 Å². The molecule has 0 bridgehead atoms. The van der Waals surface area contributed by atoms with Crippen LogP contribution in [0.2, 0.25) is 0 Å². The number of hydrogen-bond acceptors (Lipinski definition) is 5. The second-order valence-corrected chi connectivity index (χ2v) is 6.45. The van der Waals surface area contributed by atoms with Crippen LogP contribution in [-0.2, 0) is 20.8 Å². The van der Waals surface area contributed by atoms with Crippen molar-refractivity contribution in [3.05, 3.63) is 23.8 Å². The Labute approximate surface area is 141 Å². The minimum atomic E-state index is -0.743. The van der Waals surface area contributed by atoms with Crippen molar-refractivity contribution in [1.29, 1.82) is 0 Å². The maximum absolute atomic E-state index is 12.7. The Bertz CT molecular complexity index is 624. The highest BCUT2D eigenvalue weighted by atomic mass is 16.7. The van der Waals surface area contributed by atoms with Gasteiger partial charge in [0.1, 0.15) is 17.4 Å². The average Bonchev–Trinajstić information content (AvgIpc) is 2.49. The van der Waals surface area contributed by atoms with Gasteiger partial charge >= 0.3 is 6.09 Å². The molecule has 0 saturated carbocycles. The zero-order chi connectivity index (χ0) is 17.9. The highest BCUT2D eigenvalue weighted by Gasteiger charge is 2.36. The number of ether oxygens (including phenoxy) is 2. The second-order valence-electron chi connectivity index (χ2n) is 6.45. The van der Waals surface area contributed by atoms with Gasteiger partial charge in [0.25, 0.3) is 5.91 Å². The van der Waals surface area contributed by atoms with E-state index in [-0.39, 0.29) is 5.91 Å². The van der Waals surface area contributed by atoms with E-state index in [1.165, 1.54) is 5.06 Å². The van der Waals surface area contributed by atoms with Gasteiger partial charge in [-0.3, -0.25) is 9.63 Å². The van der Waals surface area contributed by atoms with Gasteiger partial charge in [0.2, 0.25) is 0 Å². The maximum atomic E-state index is 12.7. The Balaban J connectivity index is 2.24. The number of carbonyl (C=O) groups excluding carboxylic acids is 2. The summed E-state index contributed by atoms with van der Waals surface area (Å²) in [5.74, 6) is 0.285. The third-order valence-corrected chi connectivity index (χ3v) is 3.38. The van der Waals surface area contributed by atoms with Gasteiger partial charge in [-0.15, -0.1) is 0 Å². The Morgan fingerprint density at radius 1 is 1.38 bits per heavy atom. The number of methoxy groups -OCH3 is 1. The molecule has 132 valence electrons. The number of alkyl carbamates (subject to hydrolysis) is 1. The summed E-state index contributed by atoms with van der Waals surface area (Å²) in [6.07, 6.45) is -0.268. The van der Waals surface area contributed by atoms with Crippen LogP contribution in [0.5, 0.6) is 5.75 Å². The maximum Gasteiger partial charge on any atom is 0.408 e. The second kappa shape index (κ2) is 7.09. The number of hydrogen-bond donors (Lipinski definition) is 1. The lowest BCUT2D eigenvalue weighted by Gasteiger charge is -2.33. The van der Waals surface area contributed by atoms with E-state index in [9.17, 15) is 9.59 Å². The predicted molar refractivity (Wildman–Crippen MR) is 89.0 cm³/mol. The number of nitrogens with one attached hydrogen (secondary N) is 1. The van der Waals surface area contributed by atoms with Crippen LogP contribution >= 0.6 is 0 Å². The summed E-state index contributed by atoms with van der Waals surface area (Å²) in [6, 6.07) is 4.67. The molecular weight excluding hydrogens is 312 g/mol. The smallest absolute Gasteiger partial charge is 0.408 e. The van der Waals surface area contributed by atoms with Gasteiger partial charge in [-0.05, 0) is 39.3 Å². The minimum Gasteiger partial charge on any atom is -0.497 e. The topological polar surface area (TPSA) is 77.1 Å². The van der Waals surface area contributed by atoms with E-state index in [1.807, 2.05) is 12.1 Å². The Hall–Kier alpha value is -2.28. The van der Waals surface area contributed by atoms with Gasteiger partial charge in [0.05, 0.1) is 19.4 Å². The molecule has 1 aliphatic heterocycles. The van der Waals surface area contributed by atoms with E-state index >= 15 is 0 Å². The first kappa shape index (κ1) is 18.1. The van der Waals surface area contributed by atoms with Crippen molar-refractivity contribution in [3.8, 4) is 5.75 Å². The third kappa shape index (κ3) is 4.17. The molecule has 1 aromatic carbocycles. The molecule has 0 unspecified atom stereocenters. The molecular formula is C17H24N2O5. The number of hydroxylamine groups is 1. The number of carbonyl (C=O) groups is 2. The van der Waals surface area contributed by atoms with Crippen LogP contribution in [0, 0.1) is 0 Å². The lowest BCUT2D eigenvalue weighted by molar-refractivity contribution is -0.128. The van der Waals surface area contributed by atoms with Crippen LogP contribution in [0.25, 0.3) is 0 Å². The highest BCUT2D eigenvalue weighted by molar-refractivity contribution is 6.00. The molecule has 2 amide bonds. The number of nitrogens with zero attached hydrogens (tertiary/aromatic N) is 1. The highest BCUT2D eigenvalue weighted by Crippen LogP contribution is 2.32. The molecule has 0 saturated heterocycles.